The van der Waals surface area contributed by atoms with Gasteiger partial charge in [0.2, 0.25) is 0 Å². The van der Waals surface area contributed by atoms with Gasteiger partial charge in [-0.1, -0.05) is 0 Å². The van der Waals surface area contributed by atoms with Crippen molar-refractivity contribution in [3.63, 3.8) is 0 Å². The van der Waals surface area contributed by atoms with E-state index in [4.69, 9.17) is 15.9 Å². The van der Waals surface area contributed by atoms with Crippen LogP contribution in [0.4, 0.5) is 10.2 Å². The van der Waals surface area contributed by atoms with Crippen LogP contribution in [0.5, 0.6) is 0 Å². The van der Waals surface area contributed by atoms with Crippen LogP contribution in [-0.2, 0) is 4.74 Å². The Balaban J connectivity index is 2.23. The van der Waals surface area contributed by atoms with Crippen molar-refractivity contribution >= 4 is 17.6 Å². The molecule has 7 heteroatoms. The van der Waals surface area contributed by atoms with Gasteiger partial charge in [0.1, 0.15) is 17.8 Å². The lowest BCUT2D eigenvalue weighted by Gasteiger charge is -2.19. The Bertz CT molecular complexity index is 562. The number of ether oxygens (including phenoxy) is 1. The number of amidine groups is 1. The number of nitrogens with zero attached hydrogens (tertiary/aromatic N) is 2. The number of nitrogens with two attached hydrogens (primary N) is 1. The lowest BCUT2D eigenvalue weighted by molar-refractivity contribution is 0.0377. The molecular weight excluding hydrogens is 275 g/mol. The number of hydrogen-bond acceptors (Lipinski definition) is 5. The molecule has 2 heterocycles. The number of likely N-dealkylation sites (tertiary alicyclic amines) is 1. The standard InChI is InChI=1S/C14H19FN4O2/c1-8(2)21-14(20)9-5-11(12(16)18-6-9)13(17)19-4-3-10(15)7-19/h5-6,8,10,17H,3-4,7H2,1-2H3,(H2,16,18). The quantitative estimate of drug-likeness (QED) is 0.502. The number of hydrogen-bond donors (Lipinski definition) is 2. The highest BCUT2D eigenvalue weighted by atomic mass is 19.1. The second kappa shape index (κ2) is 6.07. The minimum absolute atomic E-state index is 0.0827. The predicted molar refractivity (Wildman–Crippen MR) is 77.1 cm³/mol. The van der Waals surface area contributed by atoms with Crippen LogP contribution in [0.3, 0.4) is 0 Å². The lowest BCUT2D eigenvalue weighted by atomic mass is 10.1. The Morgan fingerprint density at radius 2 is 2.33 bits per heavy atom. The van der Waals surface area contributed by atoms with Crippen molar-refractivity contribution in [1.82, 2.24) is 9.88 Å². The third-order valence-electron chi connectivity index (χ3n) is 3.20. The molecule has 0 spiro atoms. The largest absolute Gasteiger partial charge is 0.459 e. The molecule has 0 aliphatic carbocycles. The number of anilines is 1. The molecule has 6 nitrogen and oxygen atoms in total. The van der Waals surface area contributed by atoms with Gasteiger partial charge in [-0.3, -0.25) is 5.41 Å². The Hall–Kier alpha value is -2.18. The van der Waals surface area contributed by atoms with E-state index in [0.717, 1.165) is 0 Å². The number of pyridine rings is 1. The second-order valence-electron chi connectivity index (χ2n) is 5.29. The summed E-state index contributed by atoms with van der Waals surface area (Å²) >= 11 is 0. The van der Waals surface area contributed by atoms with E-state index < -0.39 is 12.1 Å². The molecule has 0 amide bonds. The highest BCUT2D eigenvalue weighted by Gasteiger charge is 2.26. The fourth-order valence-electron chi connectivity index (χ4n) is 2.15. The van der Waals surface area contributed by atoms with E-state index in [1.807, 2.05) is 0 Å². The van der Waals surface area contributed by atoms with Crippen LogP contribution in [0.25, 0.3) is 0 Å². The number of aromatic nitrogens is 1. The molecule has 114 valence electrons. The molecule has 2 rings (SSSR count). The van der Waals surface area contributed by atoms with Crippen LogP contribution >= 0.6 is 0 Å². The van der Waals surface area contributed by atoms with Crippen molar-refractivity contribution in [2.75, 3.05) is 18.8 Å². The fraction of sp³-hybridized carbons (Fsp3) is 0.500. The van der Waals surface area contributed by atoms with E-state index in [1.165, 1.54) is 12.3 Å². The summed E-state index contributed by atoms with van der Waals surface area (Å²) in [5.74, 6) is -0.293. The average Bonchev–Trinajstić information content (AvgIpc) is 2.84. The summed E-state index contributed by atoms with van der Waals surface area (Å²) in [5.41, 5.74) is 6.32. The van der Waals surface area contributed by atoms with E-state index in [9.17, 15) is 9.18 Å². The molecule has 1 fully saturated rings. The number of halogens is 1. The number of nitrogens with one attached hydrogen (secondary N) is 1. The molecule has 1 unspecified atom stereocenters. The SMILES string of the molecule is CC(C)OC(=O)c1cnc(N)c(C(=N)N2CCC(F)C2)c1. The number of esters is 1. The van der Waals surface area contributed by atoms with E-state index in [1.54, 1.807) is 18.7 Å². The minimum atomic E-state index is -0.936. The molecule has 0 saturated carbocycles. The summed E-state index contributed by atoms with van der Waals surface area (Å²) in [4.78, 5) is 17.4. The van der Waals surface area contributed by atoms with Gasteiger partial charge >= 0.3 is 5.97 Å². The van der Waals surface area contributed by atoms with Crippen molar-refractivity contribution in [3.8, 4) is 0 Å². The van der Waals surface area contributed by atoms with Crippen molar-refractivity contribution in [2.45, 2.75) is 32.5 Å². The number of rotatable bonds is 3. The smallest absolute Gasteiger partial charge is 0.339 e. The molecule has 1 atom stereocenters. The van der Waals surface area contributed by atoms with Gasteiger partial charge in [-0.05, 0) is 26.3 Å². The third kappa shape index (κ3) is 3.48. The maximum absolute atomic E-state index is 13.2. The van der Waals surface area contributed by atoms with Gasteiger partial charge in [-0.2, -0.15) is 0 Å². The Kier molecular flexibility index (Phi) is 4.40. The summed E-state index contributed by atoms with van der Waals surface area (Å²) in [7, 11) is 0. The fourth-order valence-corrected chi connectivity index (χ4v) is 2.15. The molecule has 1 aromatic heterocycles. The number of nitrogen functional groups attached to an aromatic ring is 1. The first kappa shape index (κ1) is 15.2. The van der Waals surface area contributed by atoms with E-state index in [-0.39, 0.29) is 29.9 Å². The molecule has 1 saturated heterocycles. The lowest BCUT2D eigenvalue weighted by Crippen LogP contribution is -2.30. The van der Waals surface area contributed by atoms with Gasteiger partial charge in [-0.15, -0.1) is 0 Å². The Labute approximate surface area is 122 Å². The maximum atomic E-state index is 13.2. The highest BCUT2D eigenvalue weighted by molar-refractivity contribution is 6.02. The number of carbonyl (C=O) groups is 1. The van der Waals surface area contributed by atoms with Crippen LogP contribution in [0, 0.1) is 5.41 Å². The first-order valence-corrected chi connectivity index (χ1v) is 6.83. The van der Waals surface area contributed by atoms with Gasteiger partial charge in [0, 0.05) is 12.7 Å². The third-order valence-corrected chi connectivity index (χ3v) is 3.20. The molecular formula is C14H19FN4O2. The van der Waals surface area contributed by atoms with Crippen molar-refractivity contribution < 1.29 is 13.9 Å². The molecule has 0 bridgehead atoms. The van der Waals surface area contributed by atoms with E-state index >= 15 is 0 Å². The van der Waals surface area contributed by atoms with Crippen LogP contribution in [-0.4, -0.2) is 47.1 Å². The summed E-state index contributed by atoms with van der Waals surface area (Å²) in [6, 6.07) is 1.47. The van der Waals surface area contributed by atoms with E-state index in [2.05, 4.69) is 4.98 Å². The maximum Gasteiger partial charge on any atom is 0.339 e. The first-order valence-electron chi connectivity index (χ1n) is 6.83. The van der Waals surface area contributed by atoms with Crippen molar-refractivity contribution in [1.29, 1.82) is 5.41 Å². The summed E-state index contributed by atoms with van der Waals surface area (Å²) in [5, 5.41) is 8.12. The van der Waals surface area contributed by atoms with Crippen LogP contribution in [0.2, 0.25) is 0 Å². The summed E-state index contributed by atoms with van der Waals surface area (Å²) < 4.78 is 18.3. The van der Waals surface area contributed by atoms with Crippen LogP contribution in [0.15, 0.2) is 12.3 Å². The number of carbonyl (C=O) groups excluding carboxylic acids is 1. The van der Waals surface area contributed by atoms with E-state index in [0.29, 0.717) is 18.5 Å². The molecule has 1 aliphatic heterocycles. The topological polar surface area (TPSA) is 92.3 Å². The molecule has 0 radical (unpaired) electrons. The van der Waals surface area contributed by atoms with Gasteiger partial charge in [0.15, 0.2) is 0 Å². The van der Waals surface area contributed by atoms with Crippen molar-refractivity contribution in [2.24, 2.45) is 0 Å². The zero-order chi connectivity index (χ0) is 15.6. The summed E-state index contributed by atoms with van der Waals surface area (Å²) in [6.45, 7) is 4.12. The normalized spacial score (nSPS) is 18.1. The Morgan fingerprint density at radius 1 is 1.62 bits per heavy atom. The molecule has 0 aromatic carbocycles. The van der Waals surface area contributed by atoms with Crippen LogP contribution in [0.1, 0.15) is 36.2 Å². The predicted octanol–water partition coefficient (Wildman–Crippen LogP) is 1.60. The zero-order valence-corrected chi connectivity index (χ0v) is 12.1. The van der Waals surface area contributed by atoms with Gasteiger partial charge < -0.3 is 15.4 Å². The molecule has 1 aliphatic rings. The monoisotopic (exact) mass is 294 g/mol. The van der Waals surface area contributed by atoms with Crippen LogP contribution < -0.4 is 5.73 Å². The average molecular weight is 294 g/mol. The Morgan fingerprint density at radius 3 is 2.90 bits per heavy atom. The van der Waals surface area contributed by atoms with Gasteiger partial charge in [-0.25, -0.2) is 14.2 Å². The molecule has 3 N–H and O–H groups in total. The van der Waals surface area contributed by atoms with Crippen molar-refractivity contribution in [3.05, 3.63) is 23.4 Å². The summed E-state index contributed by atoms with van der Waals surface area (Å²) in [6.07, 6.45) is 0.529. The zero-order valence-electron chi connectivity index (χ0n) is 12.1. The minimum Gasteiger partial charge on any atom is -0.459 e. The number of alkyl halides is 1. The molecule has 1 aromatic rings. The van der Waals surface area contributed by atoms with Gasteiger partial charge in [0.25, 0.3) is 0 Å². The molecule has 21 heavy (non-hydrogen) atoms. The second-order valence-corrected chi connectivity index (χ2v) is 5.29. The highest BCUT2D eigenvalue weighted by Crippen LogP contribution is 2.19. The van der Waals surface area contributed by atoms with Gasteiger partial charge in [0.05, 0.1) is 23.8 Å². The first-order chi connectivity index (χ1) is 9.88.